The van der Waals surface area contributed by atoms with Gasteiger partial charge >= 0.3 is 0 Å². The lowest BCUT2D eigenvalue weighted by Crippen LogP contribution is -2.38. The van der Waals surface area contributed by atoms with Crippen molar-refractivity contribution >= 4 is 57.1 Å². The minimum atomic E-state index is -1.84. The van der Waals surface area contributed by atoms with Crippen LogP contribution in [0.5, 0.6) is 0 Å². The topological polar surface area (TPSA) is 39.2 Å². The highest BCUT2D eigenvalue weighted by Crippen LogP contribution is 2.44. The van der Waals surface area contributed by atoms with E-state index in [4.69, 9.17) is 8.83 Å². The van der Waals surface area contributed by atoms with Crippen molar-refractivity contribution in [2.45, 2.75) is 19.6 Å². The van der Waals surface area contributed by atoms with Crippen molar-refractivity contribution in [1.29, 1.82) is 0 Å². The molecule has 4 aromatic carbocycles. The van der Waals surface area contributed by atoms with E-state index in [0.29, 0.717) is 0 Å². The Hall–Kier alpha value is -4.15. The fraction of sp³-hybridized carbons (Fsp3) is 0.0938. The molecule has 3 aromatic heterocycles. The molecule has 0 aliphatic carbocycles. The van der Waals surface area contributed by atoms with E-state index < -0.39 is 8.07 Å². The summed E-state index contributed by atoms with van der Waals surface area (Å²) < 4.78 is 13.3. The molecule has 3 heterocycles. The molecule has 0 bridgehead atoms. The molecule has 0 fully saturated rings. The third-order valence-electron chi connectivity index (χ3n) is 7.01. The fourth-order valence-electron chi connectivity index (χ4n) is 5.53. The van der Waals surface area contributed by atoms with Crippen LogP contribution < -0.4 is 5.19 Å². The van der Waals surface area contributed by atoms with Gasteiger partial charge in [0, 0.05) is 33.3 Å². The second-order valence-electron chi connectivity index (χ2n) is 10.4. The first-order chi connectivity index (χ1) is 17.5. The molecule has 7 aromatic rings. The largest absolute Gasteiger partial charge is 0.455 e. The van der Waals surface area contributed by atoms with Crippen molar-refractivity contribution < 1.29 is 8.83 Å². The van der Waals surface area contributed by atoms with Crippen LogP contribution in [0.1, 0.15) is 0 Å². The van der Waals surface area contributed by atoms with Gasteiger partial charge in [-0.2, -0.15) is 0 Å². The number of nitrogens with zero attached hydrogens (tertiary/aromatic N) is 1. The number of pyridine rings is 1. The average molecular weight is 484 g/mol. The minimum absolute atomic E-state index is 0.894. The van der Waals surface area contributed by atoms with Crippen molar-refractivity contribution in [1.82, 2.24) is 4.98 Å². The summed E-state index contributed by atoms with van der Waals surface area (Å²) in [6, 6.07) is 31.3. The standard InChI is InChI=1S/C32H25NO2Si/c1-36(2,3)32-28-22-13-7-9-15-25(22)34-30(28)27(31-29(32)23-14-8-10-16-26(23)35-31)21-17-18-33-24(19-21)20-11-5-4-6-12-20/h4-19H,1-3H3. The van der Waals surface area contributed by atoms with E-state index in [9.17, 15) is 0 Å². The molecular weight excluding hydrogens is 458 g/mol. The maximum Gasteiger partial charge on any atom is 0.146 e. The summed E-state index contributed by atoms with van der Waals surface area (Å²) >= 11 is 0. The SMILES string of the molecule is C[Si](C)(C)c1c2c(oc3ccccc32)c(-c2ccnc(-c3ccccc3)c2)c2oc3ccccc3c12. The van der Waals surface area contributed by atoms with Gasteiger partial charge in [-0.1, -0.05) is 86.4 Å². The van der Waals surface area contributed by atoms with Gasteiger partial charge in [0.05, 0.1) is 19.3 Å². The van der Waals surface area contributed by atoms with Crippen LogP contribution >= 0.6 is 0 Å². The lowest BCUT2D eigenvalue weighted by molar-refractivity contribution is 0.658. The molecule has 0 radical (unpaired) electrons. The highest BCUT2D eigenvalue weighted by molar-refractivity contribution is 6.93. The first-order valence-electron chi connectivity index (χ1n) is 12.3. The quantitative estimate of drug-likeness (QED) is 0.236. The molecule has 0 atom stereocenters. The molecule has 4 heteroatoms. The van der Waals surface area contributed by atoms with Crippen LogP contribution in [0.3, 0.4) is 0 Å². The van der Waals surface area contributed by atoms with Crippen molar-refractivity contribution in [3.8, 4) is 22.4 Å². The van der Waals surface area contributed by atoms with Crippen LogP contribution in [0.2, 0.25) is 19.6 Å². The predicted molar refractivity (Wildman–Crippen MR) is 153 cm³/mol. The van der Waals surface area contributed by atoms with E-state index in [1.54, 1.807) is 0 Å². The molecular formula is C32H25NO2Si. The number of benzene rings is 4. The molecule has 0 unspecified atom stereocenters. The Kier molecular flexibility index (Phi) is 4.51. The lowest BCUT2D eigenvalue weighted by Gasteiger charge is -2.21. The van der Waals surface area contributed by atoms with Gasteiger partial charge in [0.15, 0.2) is 0 Å². The summed E-state index contributed by atoms with van der Waals surface area (Å²) in [5.74, 6) is 0. The van der Waals surface area contributed by atoms with Gasteiger partial charge in [-0.15, -0.1) is 0 Å². The van der Waals surface area contributed by atoms with Gasteiger partial charge < -0.3 is 8.83 Å². The fourth-order valence-corrected chi connectivity index (χ4v) is 7.53. The van der Waals surface area contributed by atoms with Gasteiger partial charge in [-0.05, 0) is 35.0 Å². The summed E-state index contributed by atoms with van der Waals surface area (Å²) in [5.41, 5.74) is 7.64. The number of para-hydroxylation sites is 2. The Morgan fingerprint density at radius 1 is 0.611 bits per heavy atom. The zero-order valence-electron chi connectivity index (χ0n) is 20.5. The summed E-state index contributed by atoms with van der Waals surface area (Å²) in [6.07, 6.45) is 1.88. The van der Waals surface area contributed by atoms with Crippen LogP contribution in [0.4, 0.5) is 0 Å². The maximum atomic E-state index is 6.67. The third kappa shape index (κ3) is 3.08. The van der Waals surface area contributed by atoms with Crippen molar-refractivity contribution in [3.63, 3.8) is 0 Å². The monoisotopic (exact) mass is 483 g/mol. The van der Waals surface area contributed by atoms with E-state index in [0.717, 1.165) is 55.5 Å². The van der Waals surface area contributed by atoms with E-state index in [1.165, 1.54) is 16.0 Å². The maximum absolute atomic E-state index is 6.67. The number of rotatable bonds is 3. The van der Waals surface area contributed by atoms with Crippen LogP contribution in [0.25, 0.3) is 66.3 Å². The Balaban J connectivity index is 1.71. The van der Waals surface area contributed by atoms with Crippen LogP contribution in [0.15, 0.2) is 106 Å². The molecule has 0 N–H and O–H groups in total. The average Bonchev–Trinajstić information content (AvgIpc) is 3.46. The van der Waals surface area contributed by atoms with E-state index >= 15 is 0 Å². The zero-order valence-corrected chi connectivity index (χ0v) is 21.5. The van der Waals surface area contributed by atoms with Crippen molar-refractivity contribution in [2.75, 3.05) is 0 Å². The Morgan fingerprint density at radius 3 is 1.75 bits per heavy atom. The molecule has 0 amide bonds. The molecule has 0 spiro atoms. The molecule has 0 aliphatic heterocycles. The summed E-state index contributed by atoms with van der Waals surface area (Å²) in [6.45, 7) is 7.22. The van der Waals surface area contributed by atoms with Gasteiger partial charge in [0.25, 0.3) is 0 Å². The minimum Gasteiger partial charge on any atom is -0.455 e. The number of fused-ring (bicyclic) bond motifs is 6. The van der Waals surface area contributed by atoms with Crippen LogP contribution in [-0.4, -0.2) is 13.1 Å². The second-order valence-corrected chi connectivity index (χ2v) is 15.4. The van der Waals surface area contributed by atoms with E-state index in [-0.39, 0.29) is 0 Å². The number of furan rings is 2. The van der Waals surface area contributed by atoms with Gasteiger partial charge in [-0.3, -0.25) is 4.98 Å². The second kappa shape index (κ2) is 7.67. The van der Waals surface area contributed by atoms with Crippen molar-refractivity contribution in [3.05, 3.63) is 97.2 Å². The third-order valence-corrected chi connectivity index (χ3v) is 9.01. The first-order valence-corrected chi connectivity index (χ1v) is 15.8. The predicted octanol–water partition coefficient (Wildman–Crippen LogP) is 8.76. The normalized spacial score (nSPS) is 12.3. The van der Waals surface area contributed by atoms with Gasteiger partial charge in [0.1, 0.15) is 22.3 Å². The van der Waals surface area contributed by atoms with Crippen LogP contribution in [0, 0.1) is 0 Å². The molecule has 7 rings (SSSR count). The lowest BCUT2D eigenvalue weighted by atomic mass is 9.97. The molecule has 174 valence electrons. The summed E-state index contributed by atoms with van der Waals surface area (Å²) in [4.78, 5) is 4.68. The summed E-state index contributed by atoms with van der Waals surface area (Å²) in [7, 11) is -1.84. The molecule has 0 aliphatic rings. The molecule has 0 saturated carbocycles. The highest BCUT2D eigenvalue weighted by Gasteiger charge is 2.31. The Bertz CT molecular complexity index is 1830. The number of hydrogen-bond donors (Lipinski definition) is 0. The van der Waals surface area contributed by atoms with E-state index in [2.05, 4.69) is 85.3 Å². The number of hydrogen-bond acceptors (Lipinski definition) is 3. The highest BCUT2D eigenvalue weighted by atomic mass is 28.3. The zero-order chi connectivity index (χ0) is 24.4. The van der Waals surface area contributed by atoms with E-state index in [1.807, 2.05) is 36.5 Å². The summed E-state index contributed by atoms with van der Waals surface area (Å²) in [5, 5.41) is 6.16. The van der Waals surface area contributed by atoms with Crippen LogP contribution in [-0.2, 0) is 0 Å². The Morgan fingerprint density at radius 2 is 1.17 bits per heavy atom. The smallest absolute Gasteiger partial charge is 0.146 e. The first kappa shape index (κ1) is 21.2. The molecule has 3 nitrogen and oxygen atoms in total. The Labute approximate surface area is 210 Å². The number of aromatic nitrogens is 1. The van der Waals surface area contributed by atoms with Crippen molar-refractivity contribution in [2.24, 2.45) is 0 Å². The molecule has 36 heavy (non-hydrogen) atoms. The van der Waals surface area contributed by atoms with Gasteiger partial charge in [-0.25, -0.2) is 0 Å². The van der Waals surface area contributed by atoms with Gasteiger partial charge in [0.2, 0.25) is 0 Å². The molecule has 0 saturated heterocycles.